The highest BCUT2D eigenvalue weighted by Gasteiger charge is 2.18. The molecule has 0 bridgehead atoms. The van der Waals surface area contributed by atoms with Gasteiger partial charge in [0.05, 0.1) is 0 Å². The first kappa shape index (κ1) is 56.1. The molecule has 4 aromatic carbocycles. The highest BCUT2D eigenvalue weighted by molar-refractivity contribution is 5.49. The zero-order valence-electron chi connectivity index (χ0n) is 44.1. The molecule has 4 N–H and O–H groups in total. The third-order valence-electron chi connectivity index (χ3n) is 15.2. The molecule has 2 nitrogen and oxygen atoms in total. The summed E-state index contributed by atoms with van der Waals surface area (Å²) in [5.41, 5.74) is 25.6. The minimum atomic E-state index is 0.464. The number of hydrogen-bond donors (Lipinski definition) is 2. The van der Waals surface area contributed by atoms with Crippen LogP contribution in [0.3, 0.4) is 0 Å². The number of aryl methyl sites for hydroxylation is 4. The van der Waals surface area contributed by atoms with E-state index in [-0.39, 0.29) is 0 Å². The molecular weight excluding hydrogens is 809 g/mol. The number of benzene rings is 4. The smallest absolute Gasteiger partial charge is 0.0316 e. The van der Waals surface area contributed by atoms with Crippen molar-refractivity contribution in [2.45, 2.75) is 264 Å². The topological polar surface area (TPSA) is 52.0 Å². The average molecular weight is 912 g/mol. The first-order valence-corrected chi connectivity index (χ1v) is 28.8. The van der Waals surface area contributed by atoms with E-state index in [0.29, 0.717) is 11.8 Å². The van der Waals surface area contributed by atoms with Gasteiger partial charge in [-0.2, -0.15) is 0 Å². The Hall–Kier alpha value is -3.52. The van der Waals surface area contributed by atoms with Crippen LogP contribution in [-0.2, 0) is 12.8 Å². The van der Waals surface area contributed by atoms with Crippen molar-refractivity contribution in [1.82, 2.24) is 0 Å². The van der Waals surface area contributed by atoms with Gasteiger partial charge in [0.2, 0.25) is 0 Å². The quantitative estimate of drug-likeness (QED) is 0.0345. The molecule has 372 valence electrons. The van der Waals surface area contributed by atoms with Crippen LogP contribution in [0.4, 0.5) is 11.4 Å². The molecule has 2 heteroatoms. The van der Waals surface area contributed by atoms with Gasteiger partial charge in [-0.3, -0.25) is 0 Å². The second-order valence-electron chi connectivity index (χ2n) is 21.2. The van der Waals surface area contributed by atoms with Crippen LogP contribution in [0.1, 0.15) is 282 Å². The molecule has 4 aromatic rings. The van der Waals surface area contributed by atoms with Crippen LogP contribution < -0.4 is 11.5 Å². The molecule has 0 radical (unpaired) electrons. The van der Waals surface area contributed by atoms with Gasteiger partial charge >= 0.3 is 0 Å². The first-order chi connectivity index (χ1) is 32.9. The zero-order chi connectivity index (χ0) is 47.6. The predicted octanol–water partition coefficient (Wildman–Crippen LogP) is 20.4. The molecule has 4 rings (SSSR count). The van der Waals surface area contributed by atoms with E-state index in [1.165, 1.54) is 269 Å². The minimum Gasteiger partial charge on any atom is -0.399 e. The van der Waals surface area contributed by atoms with E-state index in [4.69, 9.17) is 11.5 Å². The maximum Gasteiger partial charge on any atom is 0.0316 e. The molecule has 2 atom stereocenters. The normalized spacial score (nSPS) is 12.5. The zero-order valence-corrected chi connectivity index (χ0v) is 44.1. The Balaban J connectivity index is 0.996. The second-order valence-corrected chi connectivity index (χ2v) is 21.2. The van der Waals surface area contributed by atoms with Crippen molar-refractivity contribution in [2.24, 2.45) is 0 Å². The van der Waals surface area contributed by atoms with Crippen LogP contribution in [0.25, 0.3) is 0 Å². The molecule has 0 fully saturated rings. The monoisotopic (exact) mass is 911 g/mol. The van der Waals surface area contributed by atoms with E-state index < -0.39 is 0 Å². The highest BCUT2D eigenvalue weighted by Crippen LogP contribution is 2.35. The van der Waals surface area contributed by atoms with Gasteiger partial charge in [-0.1, -0.05) is 261 Å². The summed E-state index contributed by atoms with van der Waals surface area (Å²) in [6.45, 7) is 9.08. The molecular formula is C65H102N2. The third kappa shape index (κ3) is 23.6. The Bertz CT molecular complexity index is 1670. The molecule has 2 unspecified atom stereocenters. The molecule has 67 heavy (non-hydrogen) atoms. The van der Waals surface area contributed by atoms with Crippen LogP contribution in [0, 0.1) is 13.8 Å². The van der Waals surface area contributed by atoms with Gasteiger partial charge in [0.25, 0.3) is 0 Å². The SMILES string of the molecule is CCCCCCCCCCC(c1ccc(CCCCCCCCCCCCCCCCCc2ccc(C(CCCCCCCCCC)c3ccc(N)cc3C)cc2)cc1)c1ccc(N)cc1C. The molecule has 0 heterocycles. The van der Waals surface area contributed by atoms with Gasteiger partial charge in [0.1, 0.15) is 0 Å². The molecule has 0 aliphatic carbocycles. The average Bonchev–Trinajstić information content (AvgIpc) is 3.33. The number of anilines is 2. The van der Waals surface area contributed by atoms with Crippen molar-refractivity contribution in [3.8, 4) is 0 Å². The summed E-state index contributed by atoms with van der Waals surface area (Å²) >= 11 is 0. The Kier molecular flexibility index (Phi) is 29.8. The summed E-state index contributed by atoms with van der Waals surface area (Å²) in [6, 6.07) is 32.5. The minimum absolute atomic E-state index is 0.464. The fourth-order valence-corrected chi connectivity index (χ4v) is 10.9. The lowest BCUT2D eigenvalue weighted by Gasteiger charge is -2.21. The van der Waals surface area contributed by atoms with E-state index in [1.807, 2.05) is 0 Å². The largest absolute Gasteiger partial charge is 0.399 e. The third-order valence-corrected chi connectivity index (χ3v) is 15.2. The summed E-state index contributed by atoms with van der Waals surface area (Å²) < 4.78 is 0. The van der Waals surface area contributed by atoms with E-state index >= 15 is 0 Å². The standard InChI is InChI=1S/C65H102N2/c1-5-7-9-11-13-26-30-34-38-64(62-50-48-60(66)52-54(62)3)58-44-40-56(41-45-58)36-32-28-24-22-20-18-16-15-17-19-21-23-25-29-33-37-57-42-46-59(47-43-57)65(63-51-49-61(67)53-55(63)4)39-35-31-27-14-12-10-8-6-2/h40-53,64-65H,5-39,66-67H2,1-4H3. The Labute approximate surface area is 414 Å². The van der Waals surface area contributed by atoms with Gasteiger partial charge in [0.15, 0.2) is 0 Å². The van der Waals surface area contributed by atoms with E-state index in [9.17, 15) is 0 Å². The van der Waals surface area contributed by atoms with E-state index in [2.05, 4.69) is 113 Å². The highest BCUT2D eigenvalue weighted by atomic mass is 14.5. The lowest BCUT2D eigenvalue weighted by molar-refractivity contribution is 0.530. The first-order valence-electron chi connectivity index (χ1n) is 28.8. The lowest BCUT2D eigenvalue weighted by Crippen LogP contribution is -2.05. The fraction of sp³-hybridized carbons (Fsp3) is 0.631. The summed E-state index contributed by atoms with van der Waals surface area (Å²) in [4.78, 5) is 0. The summed E-state index contributed by atoms with van der Waals surface area (Å²) in [5.74, 6) is 0.928. The maximum absolute atomic E-state index is 6.15. The van der Waals surface area contributed by atoms with Crippen molar-refractivity contribution in [3.63, 3.8) is 0 Å². The van der Waals surface area contributed by atoms with Gasteiger partial charge in [-0.25, -0.2) is 0 Å². The number of unbranched alkanes of at least 4 members (excludes halogenated alkanes) is 28. The van der Waals surface area contributed by atoms with Gasteiger partial charge in [0, 0.05) is 23.2 Å². The van der Waals surface area contributed by atoms with Crippen molar-refractivity contribution >= 4 is 11.4 Å². The predicted molar refractivity (Wildman–Crippen MR) is 299 cm³/mol. The van der Waals surface area contributed by atoms with Crippen molar-refractivity contribution in [2.75, 3.05) is 11.5 Å². The second kappa shape index (κ2) is 35.6. The molecule has 0 amide bonds. The van der Waals surface area contributed by atoms with Crippen LogP contribution in [-0.4, -0.2) is 0 Å². The van der Waals surface area contributed by atoms with Crippen LogP contribution in [0.5, 0.6) is 0 Å². The van der Waals surface area contributed by atoms with Crippen LogP contribution in [0.2, 0.25) is 0 Å². The van der Waals surface area contributed by atoms with Gasteiger partial charge < -0.3 is 11.5 Å². The number of hydrogen-bond acceptors (Lipinski definition) is 2. The Morgan fingerprint density at radius 1 is 0.313 bits per heavy atom. The number of nitrogens with two attached hydrogens (primary N) is 2. The van der Waals surface area contributed by atoms with Crippen LogP contribution in [0.15, 0.2) is 84.9 Å². The van der Waals surface area contributed by atoms with Crippen LogP contribution >= 0.6 is 0 Å². The van der Waals surface area contributed by atoms with Crippen molar-refractivity contribution in [1.29, 1.82) is 0 Å². The molecule has 0 saturated heterocycles. The number of nitrogen functional groups attached to an aromatic ring is 2. The number of rotatable bonds is 40. The summed E-state index contributed by atoms with van der Waals surface area (Å²) in [6.07, 6.45) is 47.8. The van der Waals surface area contributed by atoms with Gasteiger partial charge in [-0.15, -0.1) is 0 Å². The molecule has 0 aliphatic heterocycles. The van der Waals surface area contributed by atoms with Gasteiger partial charge in [-0.05, 0) is 121 Å². The Morgan fingerprint density at radius 3 is 0.866 bits per heavy atom. The van der Waals surface area contributed by atoms with Crippen molar-refractivity contribution < 1.29 is 0 Å². The summed E-state index contributed by atoms with van der Waals surface area (Å²) in [7, 11) is 0. The fourth-order valence-electron chi connectivity index (χ4n) is 10.9. The molecule has 0 spiro atoms. The molecule has 0 aliphatic rings. The van der Waals surface area contributed by atoms with Crippen molar-refractivity contribution in [3.05, 3.63) is 129 Å². The van der Waals surface area contributed by atoms with E-state index in [1.54, 1.807) is 0 Å². The maximum atomic E-state index is 6.15. The molecule has 0 saturated carbocycles. The lowest BCUT2D eigenvalue weighted by atomic mass is 9.84. The summed E-state index contributed by atoms with van der Waals surface area (Å²) in [5, 5.41) is 0. The molecule has 0 aromatic heterocycles. The van der Waals surface area contributed by atoms with E-state index in [0.717, 1.165) is 11.4 Å². The Morgan fingerprint density at radius 2 is 0.582 bits per heavy atom.